The predicted octanol–water partition coefficient (Wildman–Crippen LogP) is 3.49. The molecule has 11 heavy (non-hydrogen) atoms. The van der Waals surface area contributed by atoms with Gasteiger partial charge in [-0.2, -0.15) is 0 Å². The SMILES string of the molecule is C[C@@H]1C(I)C[C@H]2C[C@@H]1C2(C)C. The molecular formula is C10H17I. The Morgan fingerprint density at radius 1 is 1.27 bits per heavy atom. The summed E-state index contributed by atoms with van der Waals surface area (Å²) in [5, 5.41) is 0. The van der Waals surface area contributed by atoms with Crippen molar-refractivity contribution in [2.24, 2.45) is 23.2 Å². The molecule has 0 aromatic heterocycles. The minimum Gasteiger partial charge on any atom is -0.0823 e. The number of fused-ring (bicyclic) bond motifs is 2. The molecule has 0 nitrogen and oxygen atoms in total. The van der Waals surface area contributed by atoms with Crippen LogP contribution in [0.15, 0.2) is 0 Å². The summed E-state index contributed by atoms with van der Waals surface area (Å²) >= 11 is 2.65. The van der Waals surface area contributed by atoms with Crippen molar-refractivity contribution >= 4 is 22.6 Å². The lowest BCUT2D eigenvalue weighted by Crippen LogP contribution is -2.55. The van der Waals surface area contributed by atoms with Crippen LogP contribution in [0.5, 0.6) is 0 Å². The molecule has 3 aliphatic rings. The van der Waals surface area contributed by atoms with E-state index >= 15 is 0 Å². The Balaban J connectivity index is 2.17. The third-order valence-electron chi connectivity index (χ3n) is 4.26. The molecule has 3 rings (SSSR count). The Morgan fingerprint density at radius 2 is 1.91 bits per heavy atom. The number of hydrogen-bond donors (Lipinski definition) is 0. The molecule has 3 saturated carbocycles. The third-order valence-corrected chi connectivity index (χ3v) is 5.90. The van der Waals surface area contributed by atoms with Crippen LogP contribution in [0.1, 0.15) is 33.6 Å². The highest BCUT2D eigenvalue weighted by Gasteiger charge is 2.55. The van der Waals surface area contributed by atoms with Crippen molar-refractivity contribution in [3.63, 3.8) is 0 Å². The van der Waals surface area contributed by atoms with E-state index in [4.69, 9.17) is 0 Å². The van der Waals surface area contributed by atoms with Crippen LogP contribution in [0.2, 0.25) is 0 Å². The fourth-order valence-corrected chi connectivity index (χ4v) is 4.20. The Hall–Kier alpha value is 0.730. The van der Waals surface area contributed by atoms with E-state index in [2.05, 4.69) is 43.4 Å². The quantitative estimate of drug-likeness (QED) is 0.464. The molecule has 0 amide bonds. The van der Waals surface area contributed by atoms with Gasteiger partial charge in [0.1, 0.15) is 0 Å². The zero-order valence-electron chi connectivity index (χ0n) is 7.60. The highest BCUT2D eigenvalue weighted by Crippen LogP contribution is 2.62. The molecule has 0 aliphatic heterocycles. The van der Waals surface area contributed by atoms with E-state index in [-0.39, 0.29) is 0 Å². The molecule has 0 radical (unpaired) electrons. The van der Waals surface area contributed by atoms with Gasteiger partial charge in [-0.25, -0.2) is 0 Å². The highest BCUT2D eigenvalue weighted by molar-refractivity contribution is 14.1. The largest absolute Gasteiger partial charge is 0.0823 e. The second-order valence-corrected chi connectivity index (χ2v) is 6.57. The predicted molar refractivity (Wildman–Crippen MR) is 57.0 cm³/mol. The molecule has 0 aromatic rings. The van der Waals surface area contributed by atoms with E-state index in [1.807, 2.05) is 0 Å². The standard InChI is InChI=1S/C10H17I/c1-6-8-4-7(5-9(6)11)10(8,2)3/h6-9H,4-5H2,1-3H3/t6-,7+,8-,9?/m0/s1. The summed E-state index contributed by atoms with van der Waals surface area (Å²) in [6.07, 6.45) is 3.00. The van der Waals surface area contributed by atoms with Gasteiger partial charge in [0.25, 0.3) is 0 Å². The molecule has 1 unspecified atom stereocenters. The van der Waals surface area contributed by atoms with Crippen molar-refractivity contribution in [1.29, 1.82) is 0 Å². The maximum atomic E-state index is 2.65. The van der Waals surface area contributed by atoms with Gasteiger partial charge in [-0.15, -0.1) is 0 Å². The average molecular weight is 264 g/mol. The van der Waals surface area contributed by atoms with Gasteiger partial charge in [-0.3, -0.25) is 0 Å². The van der Waals surface area contributed by atoms with Crippen molar-refractivity contribution in [1.82, 2.24) is 0 Å². The van der Waals surface area contributed by atoms with Crippen molar-refractivity contribution in [2.75, 3.05) is 0 Å². The summed E-state index contributed by atoms with van der Waals surface area (Å²) in [6.45, 7) is 7.37. The van der Waals surface area contributed by atoms with Crippen LogP contribution in [-0.2, 0) is 0 Å². The third kappa shape index (κ3) is 0.991. The normalized spacial score (nSPS) is 53.5. The highest BCUT2D eigenvalue weighted by atomic mass is 127. The molecule has 0 saturated heterocycles. The van der Waals surface area contributed by atoms with Gasteiger partial charge in [0.2, 0.25) is 0 Å². The lowest BCUT2D eigenvalue weighted by atomic mass is 9.46. The van der Waals surface area contributed by atoms with Crippen LogP contribution in [-0.4, -0.2) is 3.92 Å². The van der Waals surface area contributed by atoms with Gasteiger partial charge in [0, 0.05) is 3.92 Å². The van der Waals surface area contributed by atoms with Crippen LogP contribution in [0.25, 0.3) is 0 Å². The zero-order chi connectivity index (χ0) is 8.22. The molecular weight excluding hydrogens is 247 g/mol. The van der Waals surface area contributed by atoms with Crippen LogP contribution in [0, 0.1) is 23.2 Å². The van der Waals surface area contributed by atoms with Gasteiger partial charge < -0.3 is 0 Å². The maximum absolute atomic E-state index is 2.65. The van der Waals surface area contributed by atoms with E-state index < -0.39 is 0 Å². The van der Waals surface area contributed by atoms with E-state index in [0.717, 1.165) is 21.7 Å². The molecule has 0 aromatic carbocycles. The summed E-state index contributed by atoms with van der Waals surface area (Å²) < 4.78 is 0.962. The number of alkyl halides is 1. The molecule has 1 heteroatoms. The summed E-state index contributed by atoms with van der Waals surface area (Å²) in [6, 6.07) is 0. The van der Waals surface area contributed by atoms with Gasteiger partial charge in [-0.1, -0.05) is 43.4 Å². The van der Waals surface area contributed by atoms with E-state index in [1.165, 1.54) is 12.8 Å². The van der Waals surface area contributed by atoms with E-state index in [0.29, 0.717) is 5.41 Å². The molecule has 4 atom stereocenters. The van der Waals surface area contributed by atoms with Gasteiger partial charge in [0.05, 0.1) is 0 Å². The van der Waals surface area contributed by atoms with Crippen LogP contribution < -0.4 is 0 Å². The fourth-order valence-electron chi connectivity index (χ4n) is 3.09. The maximum Gasteiger partial charge on any atom is 0.0141 e. The first-order valence-electron chi connectivity index (χ1n) is 4.67. The average Bonchev–Trinajstić information content (AvgIpc) is 1.93. The molecule has 2 bridgehead atoms. The van der Waals surface area contributed by atoms with Crippen molar-refractivity contribution in [3.8, 4) is 0 Å². The van der Waals surface area contributed by atoms with Gasteiger partial charge >= 0.3 is 0 Å². The minimum atomic E-state index is 0.682. The van der Waals surface area contributed by atoms with E-state index in [9.17, 15) is 0 Å². The van der Waals surface area contributed by atoms with Crippen molar-refractivity contribution in [3.05, 3.63) is 0 Å². The second-order valence-electron chi connectivity index (χ2n) is 4.97. The first kappa shape index (κ1) is 8.33. The lowest BCUT2D eigenvalue weighted by molar-refractivity contribution is -0.0924. The smallest absolute Gasteiger partial charge is 0.0141 e. The molecule has 0 heterocycles. The second kappa shape index (κ2) is 2.36. The summed E-state index contributed by atoms with van der Waals surface area (Å²) in [5.74, 6) is 3.05. The monoisotopic (exact) mass is 264 g/mol. The molecule has 3 aliphatic carbocycles. The van der Waals surface area contributed by atoms with Crippen LogP contribution >= 0.6 is 22.6 Å². The molecule has 64 valence electrons. The lowest BCUT2D eigenvalue weighted by Gasteiger charge is -2.61. The Kier molecular flexibility index (Phi) is 1.79. The first-order chi connectivity index (χ1) is 5.03. The topological polar surface area (TPSA) is 0 Å². The summed E-state index contributed by atoms with van der Waals surface area (Å²) in [4.78, 5) is 0. The minimum absolute atomic E-state index is 0.682. The van der Waals surface area contributed by atoms with Crippen LogP contribution in [0.4, 0.5) is 0 Å². The van der Waals surface area contributed by atoms with Crippen LogP contribution in [0.3, 0.4) is 0 Å². The van der Waals surface area contributed by atoms with E-state index in [1.54, 1.807) is 0 Å². The zero-order valence-corrected chi connectivity index (χ0v) is 9.76. The fraction of sp³-hybridized carbons (Fsp3) is 1.00. The molecule has 3 fully saturated rings. The summed E-state index contributed by atoms with van der Waals surface area (Å²) in [5.41, 5.74) is 0.682. The van der Waals surface area contributed by atoms with Gasteiger partial charge in [0.15, 0.2) is 0 Å². The Bertz CT molecular complexity index is 174. The Labute approximate surface area is 83.3 Å². The number of halogens is 1. The Morgan fingerprint density at radius 3 is 2.27 bits per heavy atom. The van der Waals surface area contributed by atoms with Gasteiger partial charge in [-0.05, 0) is 36.0 Å². The van der Waals surface area contributed by atoms with Crippen molar-refractivity contribution < 1.29 is 0 Å². The number of rotatable bonds is 0. The van der Waals surface area contributed by atoms with Crippen molar-refractivity contribution in [2.45, 2.75) is 37.5 Å². The number of hydrogen-bond acceptors (Lipinski definition) is 0. The first-order valence-corrected chi connectivity index (χ1v) is 5.92. The molecule has 0 spiro atoms. The summed E-state index contributed by atoms with van der Waals surface area (Å²) in [7, 11) is 0. The molecule has 0 N–H and O–H groups in total.